The van der Waals surface area contributed by atoms with Crippen LogP contribution >= 0.6 is 0 Å². The van der Waals surface area contributed by atoms with Gasteiger partial charge in [-0.05, 0) is 67.4 Å². The molecule has 3 amide bonds. The molecule has 1 aliphatic rings. The van der Waals surface area contributed by atoms with Gasteiger partial charge in [0, 0.05) is 24.2 Å². The molecule has 3 aromatic rings. The first-order valence-corrected chi connectivity index (χ1v) is 13.8. The fourth-order valence-electron chi connectivity index (χ4n) is 4.37. The number of imide groups is 1. The van der Waals surface area contributed by atoms with Crippen molar-refractivity contribution in [3.63, 3.8) is 0 Å². The molecule has 4 rings (SSSR count). The molecule has 40 heavy (non-hydrogen) atoms. The lowest BCUT2D eigenvalue weighted by Crippen LogP contribution is -2.46. The van der Waals surface area contributed by atoms with Crippen molar-refractivity contribution in [2.75, 3.05) is 18.1 Å². The summed E-state index contributed by atoms with van der Waals surface area (Å²) in [4.78, 5) is 52.8. The zero-order valence-corrected chi connectivity index (χ0v) is 22.2. The standard InChI is InChI=1S/C27H26N4O8S/c1-2-39-22-11-9-20(10-12-22)30-25(32)17-24(27(30)34)29(26(33)19-5-7-21(8-6-19)31(35)36)16-15-18-3-13-23(14-4-18)40(28,37)38/h3-14,24H,2,15-17H2,1H3,(H2,28,37,38). The van der Waals surface area contributed by atoms with Gasteiger partial charge in [0.1, 0.15) is 11.8 Å². The number of sulfonamides is 1. The second kappa shape index (κ2) is 11.6. The van der Waals surface area contributed by atoms with E-state index in [1.165, 1.54) is 41.3 Å². The number of nitrogens with zero attached hydrogens (tertiary/aromatic N) is 3. The fraction of sp³-hybridized carbons (Fsp3) is 0.222. The van der Waals surface area contributed by atoms with Crippen LogP contribution in [0.3, 0.4) is 0 Å². The Morgan fingerprint density at radius 3 is 2.23 bits per heavy atom. The summed E-state index contributed by atoms with van der Waals surface area (Å²) in [5, 5.41) is 16.2. The Morgan fingerprint density at radius 2 is 1.68 bits per heavy atom. The Kier molecular flexibility index (Phi) is 8.26. The lowest BCUT2D eigenvalue weighted by Gasteiger charge is -2.28. The number of carbonyl (C=O) groups is 3. The van der Waals surface area contributed by atoms with E-state index in [9.17, 15) is 32.9 Å². The topological polar surface area (TPSA) is 170 Å². The van der Waals surface area contributed by atoms with Crippen molar-refractivity contribution in [3.05, 3.63) is 94.0 Å². The minimum absolute atomic E-state index is 0.00530. The average Bonchev–Trinajstić information content (AvgIpc) is 3.22. The lowest BCUT2D eigenvalue weighted by atomic mass is 10.1. The van der Waals surface area contributed by atoms with Gasteiger partial charge in [0.25, 0.3) is 17.5 Å². The highest BCUT2D eigenvalue weighted by atomic mass is 32.2. The third-order valence-corrected chi connectivity index (χ3v) is 7.31. The smallest absolute Gasteiger partial charge is 0.269 e. The Bertz CT molecular complexity index is 1540. The lowest BCUT2D eigenvalue weighted by molar-refractivity contribution is -0.384. The van der Waals surface area contributed by atoms with Crippen LogP contribution in [-0.2, 0) is 26.0 Å². The maximum absolute atomic E-state index is 13.6. The van der Waals surface area contributed by atoms with Gasteiger partial charge in [0.15, 0.2) is 0 Å². The monoisotopic (exact) mass is 566 g/mol. The van der Waals surface area contributed by atoms with Crippen LogP contribution in [0.15, 0.2) is 77.7 Å². The van der Waals surface area contributed by atoms with E-state index >= 15 is 0 Å². The largest absolute Gasteiger partial charge is 0.494 e. The Hall–Kier alpha value is -4.62. The Morgan fingerprint density at radius 1 is 1.05 bits per heavy atom. The van der Waals surface area contributed by atoms with Gasteiger partial charge in [-0.15, -0.1) is 0 Å². The summed E-state index contributed by atoms with van der Waals surface area (Å²) >= 11 is 0. The SMILES string of the molecule is CCOc1ccc(N2C(=O)CC(N(CCc3ccc(S(N)(=O)=O)cc3)C(=O)c3ccc([N+](=O)[O-])cc3)C2=O)cc1. The number of primary sulfonamides is 1. The highest BCUT2D eigenvalue weighted by Crippen LogP contribution is 2.29. The molecule has 1 fully saturated rings. The second-order valence-corrected chi connectivity index (χ2v) is 10.5. The van der Waals surface area contributed by atoms with Crippen LogP contribution in [-0.4, -0.2) is 55.2 Å². The third-order valence-electron chi connectivity index (χ3n) is 6.38. The first kappa shape index (κ1) is 28.4. The summed E-state index contributed by atoms with van der Waals surface area (Å²) in [6.45, 7) is 2.29. The highest BCUT2D eigenvalue weighted by molar-refractivity contribution is 7.89. The summed E-state index contributed by atoms with van der Waals surface area (Å²) in [5.74, 6) is -1.09. The van der Waals surface area contributed by atoms with Crippen LogP contribution in [0.1, 0.15) is 29.3 Å². The van der Waals surface area contributed by atoms with E-state index in [1.54, 1.807) is 36.4 Å². The van der Waals surface area contributed by atoms with E-state index in [-0.39, 0.29) is 35.5 Å². The number of anilines is 1. The highest BCUT2D eigenvalue weighted by Gasteiger charge is 2.44. The van der Waals surface area contributed by atoms with Crippen molar-refractivity contribution in [2.45, 2.75) is 30.7 Å². The number of amides is 3. The molecule has 0 aromatic heterocycles. The summed E-state index contributed by atoms with van der Waals surface area (Å²) in [7, 11) is -3.88. The molecule has 2 N–H and O–H groups in total. The zero-order chi connectivity index (χ0) is 29.0. The van der Waals surface area contributed by atoms with Crippen molar-refractivity contribution < 1.29 is 32.5 Å². The molecule has 1 atom stereocenters. The van der Waals surface area contributed by atoms with Crippen molar-refractivity contribution in [1.29, 1.82) is 0 Å². The van der Waals surface area contributed by atoms with Gasteiger partial charge >= 0.3 is 0 Å². The van der Waals surface area contributed by atoms with E-state index in [2.05, 4.69) is 0 Å². The fourth-order valence-corrected chi connectivity index (χ4v) is 4.89. The Balaban J connectivity index is 1.62. The minimum atomic E-state index is -3.88. The molecular weight excluding hydrogens is 540 g/mol. The number of benzene rings is 3. The molecule has 1 aliphatic heterocycles. The maximum Gasteiger partial charge on any atom is 0.269 e. The molecule has 1 saturated heterocycles. The average molecular weight is 567 g/mol. The van der Waals surface area contributed by atoms with E-state index in [4.69, 9.17) is 9.88 Å². The molecule has 1 heterocycles. The Labute approximate surface area is 230 Å². The predicted octanol–water partition coefficient (Wildman–Crippen LogP) is 2.66. The number of ether oxygens (including phenoxy) is 1. The molecule has 0 aliphatic carbocycles. The van der Waals surface area contributed by atoms with Crippen LogP contribution in [0.4, 0.5) is 11.4 Å². The third kappa shape index (κ3) is 6.16. The van der Waals surface area contributed by atoms with Gasteiger partial charge in [-0.25, -0.2) is 18.5 Å². The summed E-state index contributed by atoms with van der Waals surface area (Å²) in [6, 6.07) is 16.0. The van der Waals surface area contributed by atoms with Crippen molar-refractivity contribution >= 4 is 39.1 Å². The molecule has 1 unspecified atom stereocenters. The van der Waals surface area contributed by atoms with Gasteiger partial charge in [0.05, 0.1) is 28.5 Å². The molecule has 3 aromatic carbocycles. The number of nitro groups is 1. The summed E-state index contributed by atoms with van der Waals surface area (Å²) < 4.78 is 28.5. The number of non-ortho nitro benzene ring substituents is 1. The van der Waals surface area contributed by atoms with Crippen LogP contribution < -0.4 is 14.8 Å². The minimum Gasteiger partial charge on any atom is -0.494 e. The van der Waals surface area contributed by atoms with Gasteiger partial charge in [-0.3, -0.25) is 24.5 Å². The molecule has 13 heteroatoms. The number of nitrogens with two attached hydrogens (primary N) is 1. The van der Waals surface area contributed by atoms with Gasteiger partial charge in [0.2, 0.25) is 15.9 Å². The summed E-state index contributed by atoms with van der Waals surface area (Å²) in [5.41, 5.74) is 0.901. The second-order valence-electron chi connectivity index (χ2n) is 8.96. The van der Waals surface area contributed by atoms with Gasteiger partial charge < -0.3 is 9.64 Å². The van der Waals surface area contributed by atoms with Gasteiger partial charge in [-0.2, -0.15) is 0 Å². The van der Waals surface area contributed by atoms with Crippen LogP contribution in [0.25, 0.3) is 0 Å². The zero-order valence-electron chi connectivity index (χ0n) is 21.4. The summed E-state index contributed by atoms with van der Waals surface area (Å²) in [6.07, 6.45) is -0.0280. The molecule has 0 radical (unpaired) electrons. The molecule has 208 valence electrons. The van der Waals surface area contributed by atoms with E-state index < -0.39 is 38.7 Å². The van der Waals surface area contributed by atoms with E-state index in [0.717, 1.165) is 4.90 Å². The molecule has 0 saturated carbocycles. The number of hydrogen-bond donors (Lipinski definition) is 1. The molecule has 0 bridgehead atoms. The molecule has 0 spiro atoms. The van der Waals surface area contributed by atoms with E-state index in [0.29, 0.717) is 23.6 Å². The quantitative estimate of drug-likeness (QED) is 0.222. The van der Waals surface area contributed by atoms with E-state index in [1.807, 2.05) is 6.92 Å². The van der Waals surface area contributed by atoms with Crippen LogP contribution in [0.2, 0.25) is 0 Å². The van der Waals surface area contributed by atoms with Crippen molar-refractivity contribution in [1.82, 2.24) is 4.90 Å². The number of nitro benzene ring substituents is 1. The van der Waals surface area contributed by atoms with Gasteiger partial charge in [-0.1, -0.05) is 12.1 Å². The molecule has 12 nitrogen and oxygen atoms in total. The number of hydrogen-bond acceptors (Lipinski definition) is 8. The normalized spacial score (nSPS) is 15.2. The van der Waals surface area contributed by atoms with Crippen molar-refractivity contribution in [3.8, 4) is 5.75 Å². The van der Waals surface area contributed by atoms with Crippen LogP contribution in [0.5, 0.6) is 5.75 Å². The first-order chi connectivity index (χ1) is 19.0. The first-order valence-electron chi connectivity index (χ1n) is 12.3. The number of carbonyl (C=O) groups excluding carboxylic acids is 3. The van der Waals surface area contributed by atoms with Crippen molar-refractivity contribution in [2.24, 2.45) is 5.14 Å². The molecular formula is C27H26N4O8S. The maximum atomic E-state index is 13.6. The number of rotatable bonds is 10. The van der Waals surface area contributed by atoms with Crippen LogP contribution in [0, 0.1) is 10.1 Å². The predicted molar refractivity (Wildman–Crippen MR) is 144 cm³/mol.